The molecular formula is C16H16F2N4O2. The van der Waals surface area contributed by atoms with Crippen LogP contribution < -0.4 is 9.64 Å². The number of benzene rings is 1. The Hall–Kier alpha value is -2.77. The summed E-state index contributed by atoms with van der Waals surface area (Å²) in [5, 5.41) is 0. The van der Waals surface area contributed by atoms with Crippen molar-refractivity contribution in [3.05, 3.63) is 48.3 Å². The van der Waals surface area contributed by atoms with Crippen molar-refractivity contribution in [1.82, 2.24) is 14.9 Å². The van der Waals surface area contributed by atoms with Gasteiger partial charge in [-0.25, -0.2) is 9.97 Å². The molecule has 0 bridgehead atoms. The van der Waals surface area contributed by atoms with E-state index in [4.69, 9.17) is 0 Å². The molecule has 3 rings (SSSR count). The Balaban J connectivity index is 1.68. The molecule has 0 N–H and O–H groups in total. The number of hydrogen-bond donors (Lipinski definition) is 0. The average molecular weight is 334 g/mol. The van der Waals surface area contributed by atoms with Gasteiger partial charge in [0.25, 0.3) is 5.91 Å². The molecule has 1 aliphatic rings. The van der Waals surface area contributed by atoms with Gasteiger partial charge in [-0.1, -0.05) is 12.1 Å². The zero-order chi connectivity index (χ0) is 16.9. The van der Waals surface area contributed by atoms with Crippen LogP contribution in [0, 0.1) is 0 Å². The first-order valence-corrected chi connectivity index (χ1v) is 7.50. The van der Waals surface area contributed by atoms with Crippen LogP contribution in [-0.2, 0) is 0 Å². The summed E-state index contributed by atoms with van der Waals surface area (Å²) in [6.07, 6.45) is 3.33. The Morgan fingerprint density at radius 3 is 2.38 bits per heavy atom. The molecule has 0 unspecified atom stereocenters. The van der Waals surface area contributed by atoms with Gasteiger partial charge in [-0.05, 0) is 18.2 Å². The molecule has 0 radical (unpaired) electrons. The predicted octanol–water partition coefficient (Wildman–Crippen LogP) is 2.04. The van der Waals surface area contributed by atoms with E-state index in [-0.39, 0.29) is 17.2 Å². The highest BCUT2D eigenvalue weighted by Crippen LogP contribution is 2.22. The van der Waals surface area contributed by atoms with Crippen LogP contribution in [0.1, 0.15) is 10.4 Å². The molecule has 1 amide bonds. The third-order valence-electron chi connectivity index (χ3n) is 3.74. The van der Waals surface area contributed by atoms with Gasteiger partial charge in [0.1, 0.15) is 5.75 Å². The van der Waals surface area contributed by atoms with E-state index < -0.39 is 6.61 Å². The van der Waals surface area contributed by atoms with E-state index in [1.165, 1.54) is 12.1 Å². The maximum absolute atomic E-state index is 12.6. The second-order valence-electron chi connectivity index (χ2n) is 5.20. The molecule has 6 nitrogen and oxygen atoms in total. The van der Waals surface area contributed by atoms with E-state index in [0.29, 0.717) is 32.1 Å². The van der Waals surface area contributed by atoms with Gasteiger partial charge in [-0.3, -0.25) is 4.79 Å². The Bertz CT molecular complexity index is 691. The molecule has 0 spiro atoms. The van der Waals surface area contributed by atoms with E-state index in [1.54, 1.807) is 35.5 Å². The predicted molar refractivity (Wildman–Crippen MR) is 83.2 cm³/mol. The SMILES string of the molecule is O=C(c1ccccc1OC(F)F)N1CCN(c2ncccn2)CC1. The van der Waals surface area contributed by atoms with E-state index in [9.17, 15) is 13.6 Å². The number of para-hydroxylation sites is 1. The number of nitrogens with zero attached hydrogens (tertiary/aromatic N) is 4. The molecule has 1 aromatic heterocycles. The van der Waals surface area contributed by atoms with E-state index in [0.717, 1.165) is 0 Å². The first kappa shape index (κ1) is 16.1. The molecule has 1 aliphatic heterocycles. The Kier molecular flexibility index (Phi) is 4.83. The minimum Gasteiger partial charge on any atom is -0.434 e. The van der Waals surface area contributed by atoms with Crippen molar-refractivity contribution in [3.8, 4) is 5.75 Å². The molecule has 0 atom stereocenters. The van der Waals surface area contributed by atoms with E-state index in [1.807, 2.05) is 4.90 Å². The van der Waals surface area contributed by atoms with Crippen LogP contribution in [0.25, 0.3) is 0 Å². The zero-order valence-corrected chi connectivity index (χ0v) is 12.8. The molecule has 8 heteroatoms. The number of halogens is 2. The second kappa shape index (κ2) is 7.20. The van der Waals surface area contributed by atoms with Crippen molar-refractivity contribution in [2.75, 3.05) is 31.1 Å². The van der Waals surface area contributed by atoms with Crippen LogP contribution in [0.2, 0.25) is 0 Å². The van der Waals surface area contributed by atoms with Crippen LogP contribution in [0.15, 0.2) is 42.7 Å². The standard InChI is InChI=1S/C16H16F2N4O2/c17-15(18)24-13-5-2-1-4-12(13)14(23)21-8-10-22(11-9-21)16-19-6-3-7-20-16/h1-7,15H,8-11H2. The number of anilines is 1. The zero-order valence-electron chi connectivity index (χ0n) is 12.8. The van der Waals surface area contributed by atoms with Crippen molar-refractivity contribution in [2.45, 2.75) is 6.61 Å². The van der Waals surface area contributed by atoms with Crippen LogP contribution in [-0.4, -0.2) is 53.6 Å². The molecule has 2 heterocycles. The van der Waals surface area contributed by atoms with Crippen LogP contribution in [0.3, 0.4) is 0 Å². The highest BCUT2D eigenvalue weighted by molar-refractivity contribution is 5.97. The highest BCUT2D eigenvalue weighted by atomic mass is 19.3. The molecule has 24 heavy (non-hydrogen) atoms. The van der Waals surface area contributed by atoms with Gasteiger partial charge in [0, 0.05) is 38.6 Å². The minimum absolute atomic E-state index is 0.105. The Morgan fingerprint density at radius 2 is 1.71 bits per heavy atom. The molecule has 126 valence electrons. The van der Waals surface area contributed by atoms with Gasteiger partial charge < -0.3 is 14.5 Å². The largest absolute Gasteiger partial charge is 0.434 e. The second-order valence-corrected chi connectivity index (χ2v) is 5.20. The fourth-order valence-corrected chi connectivity index (χ4v) is 2.58. The average Bonchev–Trinajstić information content (AvgIpc) is 2.62. The summed E-state index contributed by atoms with van der Waals surface area (Å²) in [6.45, 7) is -0.896. The van der Waals surface area contributed by atoms with Gasteiger partial charge in [0.15, 0.2) is 0 Å². The van der Waals surface area contributed by atoms with Gasteiger partial charge >= 0.3 is 6.61 Å². The minimum atomic E-state index is -2.97. The molecular weight excluding hydrogens is 318 g/mol. The summed E-state index contributed by atoms with van der Waals surface area (Å²) in [6, 6.07) is 7.78. The molecule has 1 aromatic carbocycles. The normalized spacial score (nSPS) is 14.8. The van der Waals surface area contributed by atoms with Crippen molar-refractivity contribution in [3.63, 3.8) is 0 Å². The number of aromatic nitrogens is 2. The summed E-state index contributed by atoms with van der Waals surface area (Å²) in [5.74, 6) is 0.192. The Morgan fingerprint density at radius 1 is 1.04 bits per heavy atom. The summed E-state index contributed by atoms with van der Waals surface area (Å²) in [5.41, 5.74) is 0.141. The fourth-order valence-electron chi connectivity index (χ4n) is 2.58. The summed E-state index contributed by atoms with van der Waals surface area (Å²) in [4.78, 5) is 24.6. The van der Waals surface area contributed by atoms with Crippen molar-refractivity contribution >= 4 is 11.9 Å². The van der Waals surface area contributed by atoms with E-state index in [2.05, 4.69) is 14.7 Å². The van der Waals surface area contributed by atoms with Gasteiger partial charge in [0.2, 0.25) is 5.95 Å². The summed E-state index contributed by atoms with van der Waals surface area (Å²) < 4.78 is 29.4. The van der Waals surface area contributed by atoms with Crippen LogP contribution >= 0.6 is 0 Å². The number of piperazine rings is 1. The number of hydrogen-bond acceptors (Lipinski definition) is 5. The number of carbonyl (C=O) groups is 1. The summed E-state index contributed by atoms with van der Waals surface area (Å²) >= 11 is 0. The molecule has 1 fully saturated rings. The third kappa shape index (κ3) is 3.58. The molecule has 0 aliphatic carbocycles. The van der Waals surface area contributed by atoms with Crippen molar-refractivity contribution in [1.29, 1.82) is 0 Å². The topological polar surface area (TPSA) is 58.6 Å². The Labute approximate surface area is 137 Å². The number of ether oxygens (including phenoxy) is 1. The first-order chi connectivity index (χ1) is 11.6. The fraction of sp³-hybridized carbons (Fsp3) is 0.312. The van der Waals surface area contributed by atoms with E-state index >= 15 is 0 Å². The number of carbonyl (C=O) groups excluding carboxylic acids is 1. The smallest absolute Gasteiger partial charge is 0.387 e. The lowest BCUT2D eigenvalue weighted by molar-refractivity contribution is -0.0502. The lowest BCUT2D eigenvalue weighted by Gasteiger charge is -2.34. The number of amides is 1. The van der Waals surface area contributed by atoms with Gasteiger partial charge in [-0.15, -0.1) is 0 Å². The quantitative estimate of drug-likeness (QED) is 0.856. The molecule has 1 saturated heterocycles. The lowest BCUT2D eigenvalue weighted by atomic mass is 10.1. The summed E-state index contributed by atoms with van der Waals surface area (Å²) in [7, 11) is 0. The van der Waals surface area contributed by atoms with Gasteiger partial charge in [0.05, 0.1) is 5.56 Å². The van der Waals surface area contributed by atoms with Crippen molar-refractivity contribution in [2.24, 2.45) is 0 Å². The van der Waals surface area contributed by atoms with Crippen molar-refractivity contribution < 1.29 is 18.3 Å². The van der Waals surface area contributed by atoms with Crippen LogP contribution in [0.4, 0.5) is 14.7 Å². The monoisotopic (exact) mass is 334 g/mol. The maximum atomic E-state index is 12.6. The maximum Gasteiger partial charge on any atom is 0.387 e. The number of rotatable bonds is 4. The lowest BCUT2D eigenvalue weighted by Crippen LogP contribution is -2.49. The van der Waals surface area contributed by atoms with Crippen LogP contribution in [0.5, 0.6) is 5.75 Å². The third-order valence-corrected chi connectivity index (χ3v) is 3.74. The number of alkyl halides is 2. The molecule has 0 saturated carbocycles. The highest BCUT2D eigenvalue weighted by Gasteiger charge is 2.25. The van der Waals surface area contributed by atoms with Gasteiger partial charge in [-0.2, -0.15) is 8.78 Å². The first-order valence-electron chi connectivity index (χ1n) is 7.50. The molecule has 2 aromatic rings.